The monoisotopic (exact) mass is 340 g/mol. The highest BCUT2D eigenvalue weighted by Gasteiger charge is 2.24. The van der Waals surface area contributed by atoms with E-state index in [0.717, 1.165) is 30.0 Å². The van der Waals surface area contributed by atoms with Crippen molar-refractivity contribution >= 4 is 40.3 Å². The summed E-state index contributed by atoms with van der Waals surface area (Å²) < 4.78 is 0. The maximum absolute atomic E-state index is 12.0. The van der Waals surface area contributed by atoms with Crippen molar-refractivity contribution in [3.05, 3.63) is 69.1 Å². The second kappa shape index (κ2) is 6.55. The molecule has 1 amide bonds. The third-order valence-electron chi connectivity index (χ3n) is 3.13. The fourth-order valence-corrected chi connectivity index (χ4v) is 2.84. The predicted octanol–water partition coefficient (Wildman–Crippen LogP) is 2.56. The largest absolute Gasteiger partial charge is 0.872 e. The second-order valence-electron chi connectivity index (χ2n) is 4.80. The first-order chi connectivity index (χ1) is 11.5. The molecule has 0 spiro atoms. The minimum absolute atomic E-state index is 0.0859. The molecule has 1 fully saturated rings. The molecule has 2 aromatic rings. The standard InChI is InChI=1S/C16H11N3O4S/c20-13-7-6-12(19(22)23)8-10(13)9-14-15(21)18-16(24-14)17-11-4-2-1-3-5-11/h1-9,20H,(H,17,18,21)/p-1/b14-9-. The van der Waals surface area contributed by atoms with Crippen LogP contribution in [0.5, 0.6) is 5.75 Å². The summed E-state index contributed by atoms with van der Waals surface area (Å²) in [5, 5.41) is 25.6. The number of carbonyl (C=O) groups excluding carboxylic acids is 1. The molecule has 2 aromatic carbocycles. The van der Waals surface area contributed by atoms with Gasteiger partial charge in [-0.15, -0.1) is 5.75 Å². The Morgan fingerprint density at radius 3 is 2.62 bits per heavy atom. The van der Waals surface area contributed by atoms with Gasteiger partial charge in [-0.25, -0.2) is 4.99 Å². The van der Waals surface area contributed by atoms with Gasteiger partial charge in [-0.05, 0) is 35.5 Å². The fraction of sp³-hybridized carbons (Fsp3) is 0. The lowest BCUT2D eigenvalue weighted by Crippen LogP contribution is -2.19. The molecule has 24 heavy (non-hydrogen) atoms. The third-order valence-corrected chi connectivity index (χ3v) is 4.04. The summed E-state index contributed by atoms with van der Waals surface area (Å²) in [4.78, 5) is 26.7. The van der Waals surface area contributed by atoms with Crippen molar-refractivity contribution in [3.8, 4) is 5.75 Å². The van der Waals surface area contributed by atoms with Crippen LogP contribution in [0.3, 0.4) is 0 Å². The number of nitro benzene ring substituents is 1. The van der Waals surface area contributed by atoms with Gasteiger partial charge in [-0.2, -0.15) is 0 Å². The summed E-state index contributed by atoms with van der Waals surface area (Å²) in [7, 11) is 0. The number of nitro groups is 1. The van der Waals surface area contributed by atoms with Crippen molar-refractivity contribution in [1.29, 1.82) is 0 Å². The van der Waals surface area contributed by atoms with E-state index in [0.29, 0.717) is 10.9 Å². The molecule has 7 nitrogen and oxygen atoms in total. The van der Waals surface area contributed by atoms with Gasteiger partial charge in [0.1, 0.15) is 0 Å². The SMILES string of the molecule is O=C1NC(=Nc2ccccc2)S/C1=C\c1cc([N+](=O)[O-])ccc1[O-]. The molecule has 0 unspecified atom stereocenters. The topological polar surface area (TPSA) is 108 Å². The lowest BCUT2D eigenvalue weighted by Gasteiger charge is -2.09. The van der Waals surface area contributed by atoms with E-state index in [1.54, 1.807) is 12.1 Å². The highest BCUT2D eigenvalue weighted by atomic mass is 32.2. The Kier molecular flexibility index (Phi) is 4.30. The first-order valence-corrected chi connectivity index (χ1v) is 7.65. The van der Waals surface area contributed by atoms with E-state index in [1.807, 2.05) is 18.2 Å². The zero-order chi connectivity index (χ0) is 17.1. The number of hydrogen-bond acceptors (Lipinski definition) is 6. The number of aliphatic imine (C=N–C) groups is 1. The summed E-state index contributed by atoms with van der Waals surface area (Å²) in [6.07, 6.45) is 1.34. The van der Waals surface area contributed by atoms with Crippen LogP contribution in [-0.2, 0) is 4.79 Å². The number of non-ortho nitro benzene ring substituents is 1. The van der Waals surface area contributed by atoms with Gasteiger partial charge >= 0.3 is 0 Å². The lowest BCUT2D eigenvalue weighted by atomic mass is 10.1. The van der Waals surface area contributed by atoms with E-state index in [-0.39, 0.29) is 16.2 Å². The van der Waals surface area contributed by atoms with Gasteiger partial charge in [0, 0.05) is 12.1 Å². The van der Waals surface area contributed by atoms with Gasteiger partial charge in [0.05, 0.1) is 15.5 Å². The maximum atomic E-state index is 12.0. The van der Waals surface area contributed by atoms with Crippen LogP contribution in [0.1, 0.15) is 5.56 Å². The summed E-state index contributed by atoms with van der Waals surface area (Å²) in [6.45, 7) is 0. The molecule has 1 saturated heterocycles. The molecule has 0 radical (unpaired) electrons. The Balaban J connectivity index is 1.89. The molecule has 120 valence electrons. The van der Waals surface area contributed by atoms with E-state index in [9.17, 15) is 20.0 Å². The maximum Gasteiger partial charge on any atom is 0.269 e. The molecule has 0 aliphatic carbocycles. The second-order valence-corrected chi connectivity index (χ2v) is 5.83. The molecule has 1 N–H and O–H groups in total. The van der Waals surface area contributed by atoms with Crippen molar-refractivity contribution in [2.45, 2.75) is 0 Å². The fourth-order valence-electron chi connectivity index (χ4n) is 2.00. The number of amidine groups is 1. The number of hydrogen-bond donors (Lipinski definition) is 1. The summed E-state index contributed by atoms with van der Waals surface area (Å²) >= 11 is 1.07. The minimum atomic E-state index is -0.592. The number of nitrogens with zero attached hydrogens (tertiary/aromatic N) is 2. The van der Waals surface area contributed by atoms with E-state index >= 15 is 0 Å². The van der Waals surface area contributed by atoms with Crippen molar-refractivity contribution < 1.29 is 14.8 Å². The number of rotatable bonds is 3. The van der Waals surface area contributed by atoms with Crippen molar-refractivity contribution in [2.24, 2.45) is 4.99 Å². The van der Waals surface area contributed by atoms with E-state index in [1.165, 1.54) is 6.08 Å². The van der Waals surface area contributed by atoms with Gasteiger partial charge in [-0.1, -0.05) is 24.3 Å². The molecule has 1 aliphatic rings. The Bertz CT molecular complexity index is 878. The van der Waals surface area contributed by atoms with E-state index < -0.39 is 16.6 Å². The molecule has 0 bridgehead atoms. The van der Waals surface area contributed by atoms with Crippen molar-refractivity contribution in [3.63, 3.8) is 0 Å². The molecular weight excluding hydrogens is 330 g/mol. The number of thioether (sulfide) groups is 1. The molecule has 0 atom stereocenters. The third kappa shape index (κ3) is 3.44. The van der Waals surface area contributed by atoms with Crippen molar-refractivity contribution in [2.75, 3.05) is 0 Å². The highest BCUT2D eigenvalue weighted by molar-refractivity contribution is 8.18. The van der Waals surface area contributed by atoms with Crippen LogP contribution in [0, 0.1) is 10.1 Å². The Morgan fingerprint density at radius 1 is 1.17 bits per heavy atom. The Hall–Kier alpha value is -3.13. The summed E-state index contributed by atoms with van der Waals surface area (Å²) in [5.41, 5.74) is 0.562. The smallest absolute Gasteiger partial charge is 0.269 e. The zero-order valence-electron chi connectivity index (χ0n) is 12.1. The summed E-state index contributed by atoms with van der Waals surface area (Å²) in [6, 6.07) is 12.5. The van der Waals surface area contributed by atoms with Crippen LogP contribution in [0.2, 0.25) is 0 Å². The molecule has 1 aliphatic heterocycles. The van der Waals surface area contributed by atoms with Crippen LogP contribution in [0.4, 0.5) is 11.4 Å². The quantitative estimate of drug-likeness (QED) is 0.525. The zero-order valence-corrected chi connectivity index (χ0v) is 12.9. The van der Waals surface area contributed by atoms with Gasteiger partial charge in [-0.3, -0.25) is 14.9 Å². The molecule has 0 aromatic heterocycles. The first kappa shape index (κ1) is 15.8. The van der Waals surface area contributed by atoms with Gasteiger partial charge in [0.25, 0.3) is 11.6 Å². The molecule has 3 rings (SSSR count). The van der Waals surface area contributed by atoms with Gasteiger partial charge < -0.3 is 10.4 Å². The van der Waals surface area contributed by atoms with Gasteiger partial charge in [0.2, 0.25) is 0 Å². The van der Waals surface area contributed by atoms with Crippen LogP contribution in [0.25, 0.3) is 6.08 Å². The van der Waals surface area contributed by atoms with Gasteiger partial charge in [0.15, 0.2) is 5.17 Å². The number of amides is 1. The minimum Gasteiger partial charge on any atom is -0.872 e. The number of para-hydroxylation sites is 1. The van der Waals surface area contributed by atoms with Crippen LogP contribution < -0.4 is 10.4 Å². The average molecular weight is 340 g/mol. The van der Waals surface area contributed by atoms with E-state index in [2.05, 4.69) is 10.3 Å². The van der Waals surface area contributed by atoms with E-state index in [4.69, 9.17) is 0 Å². The molecule has 1 heterocycles. The normalized spacial score (nSPS) is 17.2. The highest BCUT2D eigenvalue weighted by Crippen LogP contribution is 2.30. The number of benzene rings is 2. The average Bonchev–Trinajstić information content (AvgIpc) is 2.89. The number of carbonyl (C=O) groups is 1. The Morgan fingerprint density at radius 2 is 1.92 bits per heavy atom. The Labute approximate surface area is 140 Å². The van der Waals surface area contributed by atoms with Crippen LogP contribution >= 0.6 is 11.8 Å². The summed E-state index contributed by atoms with van der Waals surface area (Å²) in [5.74, 6) is -0.796. The molecular formula is C16H10N3O4S-. The molecule has 0 saturated carbocycles. The van der Waals surface area contributed by atoms with Crippen LogP contribution in [0.15, 0.2) is 58.4 Å². The predicted molar refractivity (Wildman–Crippen MR) is 89.8 cm³/mol. The lowest BCUT2D eigenvalue weighted by molar-refractivity contribution is -0.385. The molecule has 8 heteroatoms. The van der Waals surface area contributed by atoms with Crippen molar-refractivity contribution in [1.82, 2.24) is 5.32 Å². The first-order valence-electron chi connectivity index (χ1n) is 6.83. The van der Waals surface area contributed by atoms with Crippen LogP contribution in [-0.4, -0.2) is 16.0 Å². The number of nitrogens with one attached hydrogen (secondary N) is 1.